The highest BCUT2D eigenvalue weighted by Crippen LogP contribution is 2.70. The van der Waals surface area contributed by atoms with Crippen LogP contribution in [-0.4, -0.2) is 14.3 Å². The fraction of sp³-hybridized carbons (Fsp3) is 0.471. The van der Waals surface area contributed by atoms with Crippen LogP contribution in [0.5, 0.6) is 0 Å². The van der Waals surface area contributed by atoms with Crippen LogP contribution >= 0.6 is 0 Å². The van der Waals surface area contributed by atoms with Gasteiger partial charge in [-0.25, -0.2) is 18.3 Å². The summed E-state index contributed by atoms with van der Waals surface area (Å²) in [5.74, 6) is -1.11. The van der Waals surface area contributed by atoms with Gasteiger partial charge in [0.15, 0.2) is 11.6 Å². The lowest BCUT2D eigenvalue weighted by atomic mass is 9.40. The largest absolute Gasteiger partial charge is 0.347 e. The van der Waals surface area contributed by atoms with Crippen molar-refractivity contribution in [3.8, 4) is 6.07 Å². The minimum absolute atomic E-state index is 0.205. The van der Waals surface area contributed by atoms with Crippen LogP contribution in [0.15, 0.2) is 23.0 Å². The Kier molecular flexibility index (Phi) is 2.39. The fourth-order valence-electron chi connectivity index (χ4n) is 4.72. The molecule has 2 heterocycles. The van der Waals surface area contributed by atoms with Crippen LogP contribution in [-0.2, 0) is 12.0 Å². The Balaban J connectivity index is 1.54. The number of hydrogen-bond donors (Lipinski definition) is 0. The highest BCUT2D eigenvalue weighted by atomic mass is 19.2. The smallest absolute Gasteiger partial charge is 0.271 e. The molecule has 5 nitrogen and oxygen atoms in total. The first-order chi connectivity index (χ1) is 11.5. The Labute approximate surface area is 136 Å². The van der Waals surface area contributed by atoms with Gasteiger partial charge in [-0.2, -0.15) is 10.4 Å². The highest BCUT2D eigenvalue weighted by Gasteiger charge is 2.71. The minimum Gasteiger partial charge on any atom is -0.271 e. The van der Waals surface area contributed by atoms with E-state index in [0.29, 0.717) is 43.5 Å². The molecule has 1 aliphatic heterocycles. The van der Waals surface area contributed by atoms with Gasteiger partial charge in [0.25, 0.3) is 0 Å². The van der Waals surface area contributed by atoms with E-state index in [2.05, 4.69) is 11.2 Å². The SMILES string of the molecule is N#CC12CC(n3nc4n(c3=O)C(c3ccc(F)c(F)c3)CC4)(C1)C2. The van der Waals surface area contributed by atoms with Gasteiger partial charge < -0.3 is 0 Å². The van der Waals surface area contributed by atoms with E-state index in [1.54, 1.807) is 4.57 Å². The second-order valence-corrected chi connectivity index (χ2v) is 7.36. The van der Waals surface area contributed by atoms with Gasteiger partial charge in [0, 0.05) is 6.42 Å². The summed E-state index contributed by atoms with van der Waals surface area (Å²) in [5, 5.41) is 13.6. The average molecular weight is 328 g/mol. The van der Waals surface area contributed by atoms with E-state index in [1.165, 1.54) is 10.7 Å². The van der Waals surface area contributed by atoms with Crippen molar-refractivity contribution in [2.24, 2.45) is 5.41 Å². The molecule has 0 spiro atoms. The first-order valence-corrected chi connectivity index (χ1v) is 8.04. The molecule has 24 heavy (non-hydrogen) atoms. The summed E-state index contributed by atoms with van der Waals surface area (Å²) < 4.78 is 29.8. The van der Waals surface area contributed by atoms with E-state index >= 15 is 0 Å². The number of hydrogen-bond acceptors (Lipinski definition) is 3. The second-order valence-electron chi connectivity index (χ2n) is 7.36. The first kappa shape index (κ1) is 13.9. The van der Waals surface area contributed by atoms with Crippen LogP contribution in [0, 0.1) is 28.4 Å². The van der Waals surface area contributed by atoms with E-state index in [1.807, 2.05) is 0 Å². The molecule has 3 aliphatic carbocycles. The van der Waals surface area contributed by atoms with Crippen molar-refractivity contribution in [2.75, 3.05) is 0 Å². The molecule has 1 unspecified atom stereocenters. The molecule has 1 aromatic carbocycles. The molecule has 3 fully saturated rings. The standard InChI is InChI=1S/C17H14F2N4O/c18-11-2-1-10(5-12(11)19)13-3-4-14-21-23(15(24)22(13)14)17-6-16(7-17,8-17)9-20/h1-2,5,13H,3-4,6-8H2. The molecule has 7 heteroatoms. The number of aryl methyl sites for hydroxylation is 1. The number of aromatic nitrogens is 3. The van der Waals surface area contributed by atoms with Crippen LogP contribution in [0.2, 0.25) is 0 Å². The third-order valence-electron chi connectivity index (χ3n) is 5.85. The van der Waals surface area contributed by atoms with Crippen molar-refractivity contribution >= 4 is 0 Å². The summed E-state index contributed by atoms with van der Waals surface area (Å²) in [6, 6.07) is 5.79. The predicted octanol–water partition coefficient (Wildman–Crippen LogP) is 2.26. The molecule has 0 N–H and O–H groups in total. The van der Waals surface area contributed by atoms with E-state index < -0.39 is 11.6 Å². The zero-order chi connectivity index (χ0) is 16.7. The van der Waals surface area contributed by atoms with Crippen LogP contribution in [0.1, 0.15) is 43.1 Å². The summed E-state index contributed by atoms with van der Waals surface area (Å²) in [4.78, 5) is 12.9. The van der Waals surface area contributed by atoms with E-state index in [0.717, 1.165) is 12.1 Å². The monoisotopic (exact) mass is 328 g/mol. The maximum atomic E-state index is 13.5. The lowest BCUT2D eigenvalue weighted by Crippen LogP contribution is -2.69. The molecule has 0 amide bonds. The highest BCUT2D eigenvalue weighted by molar-refractivity contribution is 5.29. The summed E-state index contributed by atoms with van der Waals surface area (Å²) in [6.07, 6.45) is 3.33. The van der Waals surface area contributed by atoms with Crippen LogP contribution < -0.4 is 5.69 Å². The predicted molar refractivity (Wildman–Crippen MR) is 79.2 cm³/mol. The van der Waals surface area contributed by atoms with Gasteiger partial charge in [0.1, 0.15) is 5.82 Å². The van der Waals surface area contributed by atoms with Gasteiger partial charge in [-0.15, -0.1) is 0 Å². The van der Waals surface area contributed by atoms with Gasteiger partial charge >= 0.3 is 5.69 Å². The van der Waals surface area contributed by atoms with Crippen LogP contribution in [0.25, 0.3) is 0 Å². The third kappa shape index (κ3) is 1.51. The summed E-state index contributed by atoms with van der Waals surface area (Å²) >= 11 is 0. The molecule has 0 radical (unpaired) electrons. The van der Waals surface area contributed by atoms with Crippen molar-refractivity contribution in [3.63, 3.8) is 0 Å². The van der Waals surface area contributed by atoms with Gasteiger partial charge in [-0.05, 0) is 43.4 Å². The van der Waals surface area contributed by atoms with Gasteiger partial charge in [-0.1, -0.05) is 6.07 Å². The zero-order valence-corrected chi connectivity index (χ0v) is 12.8. The molecule has 1 atom stereocenters. The normalized spacial score (nSPS) is 32.6. The number of nitriles is 1. The second kappa shape index (κ2) is 4.12. The van der Waals surface area contributed by atoms with E-state index in [4.69, 9.17) is 5.26 Å². The molecule has 4 aliphatic rings. The van der Waals surface area contributed by atoms with Crippen LogP contribution in [0.4, 0.5) is 8.78 Å². The van der Waals surface area contributed by atoms with Gasteiger partial charge in [-0.3, -0.25) is 4.57 Å². The first-order valence-electron chi connectivity index (χ1n) is 8.04. The van der Waals surface area contributed by atoms with Crippen molar-refractivity contribution in [3.05, 3.63) is 51.7 Å². The Hall–Kier alpha value is -2.49. The topological polar surface area (TPSA) is 63.6 Å². The Morgan fingerprint density at radius 3 is 2.67 bits per heavy atom. The lowest BCUT2D eigenvalue weighted by Gasteiger charge is -2.65. The maximum Gasteiger partial charge on any atom is 0.347 e. The quantitative estimate of drug-likeness (QED) is 0.849. The summed E-state index contributed by atoms with van der Waals surface area (Å²) in [5.41, 5.74) is -0.181. The van der Waals surface area contributed by atoms with Gasteiger partial charge in [0.2, 0.25) is 0 Å². The fourth-order valence-corrected chi connectivity index (χ4v) is 4.72. The van der Waals surface area contributed by atoms with E-state index in [9.17, 15) is 13.6 Å². The molecule has 0 saturated heterocycles. The van der Waals surface area contributed by atoms with Crippen molar-refractivity contribution < 1.29 is 8.78 Å². The molecule has 1 aromatic heterocycles. The Bertz CT molecular complexity index is 964. The molecule has 122 valence electrons. The third-order valence-corrected chi connectivity index (χ3v) is 5.85. The minimum atomic E-state index is -0.906. The van der Waals surface area contributed by atoms with Crippen LogP contribution in [0.3, 0.4) is 0 Å². The number of rotatable bonds is 2. The Morgan fingerprint density at radius 1 is 1.25 bits per heavy atom. The van der Waals surface area contributed by atoms with Crippen molar-refractivity contribution in [1.82, 2.24) is 14.3 Å². The zero-order valence-electron chi connectivity index (χ0n) is 12.8. The lowest BCUT2D eigenvalue weighted by molar-refractivity contribution is -0.155. The number of halogens is 2. The van der Waals surface area contributed by atoms with Crippen molar-refractivity contribution in [1.29, 1.82) is 5.26 Å². The molecular formula is C17H14F2N4O. The molecule has 6 rings (SSSR count). The molecular weight excluding hydrogens is 314 g/mol. The maximum absolute atomic E-state index is 13.5. The molecule has 2 bridgehead atoms. The number of benzene rings is 1. The molecule has 3 saturated carbocycles. The number of fused-ring (bicyclic) bond motifs is 1. The molecule has 2 aromatic rings. The van der Waals surface area contributed by atoms with Crippen molar-refractivity contribution in [2.45, 2.75) is 43.7 Å². The summed E-state index contributed by atoms with van der Waals surface area (Å²) in [7, 11) is 0. The number of nitrogens with zero attached hydrogens (tertiary/aromatic N) is 4. The Morgan fingerprint density at radius 2 is 2.00 bits per heavy atom. The van der Waals surface area contributed by atoms with E-state index in [-0.39, 0.29) is 22.7 Å². The average Bonchev–Trinajstić information content (AvgIpc) is 3.02. The summed E-state index contributed by atoms with van der Waals surface area (Å²) in [6.45, 7) is 0. The van der Waals surface area contributed by atoms with Gasteiger partial charge in [0.05, 0.1) is 23.1 Å².